The van der Waals surface area contributed by atoms with Gasteiger partial charge in [0.2, 0.25) is 0 Å². The maximum Gasteiger partial charge on any atom is 0.405 e. The summed E-state index contributed by atoms with van der Waals surface area (Å²) in [5.41, 5.74) is -6.21. The van der Waals surface area contributed by atoms with Crippen molar-refractivity contribution >= 4 is 11.9 Å². The molecule has 1 saturated heterocycles. The first-order valence-electron chi connectivity index (χ1n) is 14.4. The molecule has 3 atom stereocenters. The second-order valence-corrected chi connectivity index (χ2v) is 14.8. The van der Waals surface area contributed by atoms with Crippen LogP contribution in [0, 0.1) is 34.0 Å². The van der Waals surface area contributed by atoms with Crippen molar-refractivity contribution in [2.75, 3.05) is 0 Å². The third-order valence-electron chi connectivity index (χ3n) is 10.7. The number of hydrogen-bond acceptors (Lipinski definition) is 5. The minimum atomic E-state index is -4.83. The van der Waals surface area contributed by atoms with Crippen LogP contribution in [0.4, 0.5) is 13.2 Å². The van der Waals surface area contributed by atoms with Crippen LogP contribution in [0.5, 0.6) is 0 Å². The molecule has 0 aromatic carbocycles. The summed E-state index contributed by atoms with van der Waals surface area (Å²) in [6, 6.07) is 0. The van der Waals surface area contributed by atoms with E-state index in [9.17, 15) is 9.59 Å². The molecule has 4 saturated carbocycles. The zero-order valence-electron chi connectivity index (χ0n) is 24.4. The SMILES string of the molecule is CCC(C(=O)OC(C)(C)C12CC3CC(CC(C3)C1)C2)(C(F)(F)F)C(C)(C)CC(C)OC1CC(C)(C)OC1=O. The van der Waals surface area contributed by atoms with Crippen LogP contribution in [0.1, 0.15) is 113 Å². The summed E-state index contributed by atoms with van der Waals surface area (Å²) in [6.07, 6.45) is -0.185. The molecule has 5 fully saturated rings. The van der Waals surface area contributed by atoms with Crippen LogP contribution in [-0.2, 0) is 23.8 Å². The van der Waals surface area contributed by atoms with Gasteiger partial charge in [0, 0.05) is 11.8 Å². The van der Waals surface area contributed by atoms with Gasteiger partial charge >= 0.3 is 18.1 Å². The van der Waals surface area contributed by atoms with Crippen LogP contribution >= 0.6 is 0 Å². The molecule has 5 rings (SSSR count). The molecule has 38 heavy (non-hydrogen) atoms. The normalized spacial score (nSPS) is 35.1. The van der Waals surface area contributed by atoms with E-state index in [1.807, 2.05) is 13.8 Å². The van der Waals surface area contributed by atoms with E-state index in [0.717, 1.165) is 19.3 Å². The number of esters is 2. The molecule has 1 aliphatic heterocycles. The molecule has 0 spiro atoms. The Morgan fingerprint density at radius 2 is 1.50 bits per heavy atom. The first-order valence-corrected chi connectivity index (χ1v) is 14.4. The molecule has 4 bridgehead atoms. The van der Waals surface area contributed by atoms with Gasteiger partial charge in [0.05, 0.1) is 6.10 Å². The lowest BCUT2D eigenvalue weighted by atomic mass is 9.45. The lowest BCUT2D eigenvalue weighted by molar-refractivity contribution is -0.280. The number of halogens is 3. The molecule has 5 aliphatic rings. The largest absolute Gasteiger partial charge is 0.458 e. The van der Waals surface area contributed by atoms with Gasteiger partial charge in [0.15, 0.2) is 11.5 Å². The fraction of sp³-hybridized carbons (Fsp3) is 0.933. The molecule has 5 nitrogen and oxygen atoms in total. The van der Waals surface area contributed by atoms with E-state index in [1.165, 1.54) is 40.0 Å². The van der Waals surface area contributed by atoms with Crippen molar-refractivity contribution in [1.29, 1.82) is 0 Å². The van der Waals surface area contributed by atoms with Gasteiger partial charge in [0.1, 0.15) is 11.2 Å². The highest BCUT2D eigenvalue weighted by Gasteiger charge is 2.69. The summed E-state index contributed by atoms with van der Waals surface area (Å²) in [6.45, 7) is 13.2. The van der Waals surface area contributed by atoms with Crippen LogP contribution in [0.25, 0.3) is 0 Å². The molecular weight excluding hydrogens is 497 g/mol. The van der Waals surface area contributed by atoms with Gasteiger partial charge in [0.25, 0.3) is 0 Å². The van der Waals surface area contributed by atoms with Gasteiger partial charge in [-0.05, 0) is 109 Å². The van der Waals surface area contributed by atoms with Crippen molar-refractivity contribution in [3.05, 3.63) is 0 Å². The number of ether oxygens (including phenoxy) is 3. The van der Waals surface area contributed by atoms with Crippen LogP contribution < -0.4 is 0 Å². The van der Waals surface area contributed by atoms with E-state index in [0.29, 0.717) is 24.2 Å². The van der Waals surface area contributed by atoms with Crippen LogP contribution in [0.3, 0.4) is 0 Å². The van der Waals surface area contributed by atoms with Crippen molar-refractivity contribution in [3.8, 4) is 0 Å². The van der Waals surface area contributed by atoms with E-state index in [1.54, 1.807) is 20.8 Å². The van der Waals surface area contributed by atoms with Gasteiger partial charge in [-0.2, -0.15) is 13.2 Å². The Labute approximate surface area is 225 Å². The third-order valence-corrected chi connectivity index (χ3v) is 10.7. The van der Waals surface area contributed by atoms with E-state index in [2.05, 4.69) is 0 Å². The average molecular weight is 545 g/mol. The Hall–Kier alpha value is -1.31. The van der Waals surface area contributed by atoms with Gasteiger partial charge in [-0.3, -0.25) is 4.79 Å². The zero-order chi connectivity index (χ0) is 28.5. The molecule has 0 aromatic rings. The molecule has 0 aromatic heterocycles. The topological polar surface area (TPSA) is 61.8 Å². The van der Waals surface area contributed by atoms with Crippen molar-refractivity contribution in [3.63, 3.8) is 0 Å². The average Bonchev–Trinajstić information content (AvgIpc) is 2.96. The van der Waals surface area contributed by atoms with Crippen molar-refractivity contribution < 1.29 is 37.0 Å². The highest BCUT2D eigenvalue weighted by Crippen LogP contribution is 2.65. The highest BCUT2D eigenvalue weighted by molar-refractivity contribution is 5.79. The minimum absolute atomic E-state index is 0.0720. The first-order chi connectivity index (χ1) is 17.3. The van der Waals surface area contributed by atoms with Gasteiger partial charge in [-0.25, -0.2) is 4.79 Å². The Balaban J connectivity index is 1.56. The number of alkyl halides is 3. The number of carbonyl (C=O) groups excluding carboxylic acids is 2. The smallest absolute Gasteiger partial charge is 0.405 e. The van der Waals surface area contributed by atoms with Gasteiger partial charge in [-0.15, -0.1) is 0 Å². The molecular formula is C30H47F3O5. The minimum Gasteiger partial charge on any atom is -0.458 e. The fourth-order valence-electron chi connectivity index (χ4n) is 9.11. The number of carbonyl (C=O) groups is 2. The lowest BCUT2D eigenvalue weighted by Crippen LogP contribution is -2.61. The van der Waals surface area contributed by atoms with E-state index in [-0.39, 0.29) is 11.8 Å². The monoisotopic (exact) mass is 544 g/mol. The molecule has 3 unspecified atom stereocenters. The summed E-state index contributed by atoms with van der Waals surface area (Å²) in [7, 11) is 0. The van der Waals surface area contributed by atoms with Crippen molar-refractivity contribution in [1.82, 2.24) is 0 Å². The second-order valence-electron chi connectivity index (χ2n) is 14.8. The molecule has 4 aliphatic carbocycles. The summed E-state index contributed by atoms with van der Waals surface area (Å²) in [5.74, 6) is 0.0548. The van der Waals surface area contributed by atoms with Gasteiger partial charge < -0.3 is 14.2 Å². The Morgan fingerprint density at radius 1 is 1.00 bits per heavy atom. The fourth-order valence-corrected chi connectivity index (χ4v) is 9.11. The van der Waals surface area contributed by atoms with Crippen molar-refractivity contribution in [2.45, 2.75) is 143 Å². The molecule has 8 heteroatoms. The van der Waals surface area contributed by atoms with E-state index in [4.69, 9.17) is 14.2 Å². The number of hydrogen-bond donors (Lipinski definition) is 0. The molecule has 218 valence electrons. The molecule has 0 radical (unpaired) electrons. The molecule has 0 amide bonds. The second kappa shape index (κ2) is 9.37. The van der Waals surface area contributed by atoms with Gasteiger partial charge in [-0.1, -0.05) is 20.8 Å². The Kier molecular flexibility index (Phi) is 7.32. The number of cyclic esters (lactones) is 1. The Bertz CT molecular complexity index is 901. The third kappa shape index (κ3) is 4.89. The summed E-state index contributed by atoms with van der Waals surface area (Å²) in [4.78, 5) is 26.1. The first kappa shape index (κ1) is 29.7. The summed E-state index contributed by atoms with van der Waals surface area (Å²) < 4.78 is 62.5. The predicted molar refractivity (Wildman–Crippen MR) is 137 cm³/mol. The van der Waals surface area contributed by atoms with Crippen LogP contribution in [-0.4, -0.2) is 41.5 Å². The summed E-state index contributed by atoms with van der Waals surface area (Å²) in [5, 5.41) is 0. The maximum absolute atomic E-state index is 15.1. The highest BCUT2D eigenvalue weighted by atomic mass is 19.4. The molecule has 1 heterocycles. The van der Waals surface area contributed by atoms with Crippen LogP contribution in [0.2, 0.25) is 0 Å². The summed E-state index contributed by atoms with van der Waals surface area (Å²) >= 11 is 0. The van der Waals surface area contributed by atoms with Crippen LogP contribution in [0.15, 0.2) is 0 Å². The Morgan fingerprint density at radius 3 is 1.89 bits per heavy atom. The van der Waals surface area contributed by atoms with E-state index >= 15 is 13.2 Å². The predicted octanol–water partition coefficient (Wildman–Crippen LogP) is 7.40. The van der Waals surface area contributed by atoms with E-state index < -0.39 is 58.8 Å². The lowest BCUT2D eigenvalue weighted by Gasteiger charge is -2.62. The number of rotatable bonds is 9. The quantitative estimate of drug-likeness (QED) is 0.283. The van der Waals surface area contributed by atoms with Crippen molar-refractivity contribution in [2.24, 2.45) is 34.0 Å². The zero-order valence-corrected chi connectivity index (χ0v) is 24.4. The standard InChI is InChI=1S/C30H47F3O5/c1-9-29(30(31,32)33,25(3,4)13-18(2)36-22-17-26(5,6)37-23(22)34)24(35)38-27(7,8)28-14-19-10-20(15-28)12-21(11-19)16-28/h18-22H,9-17H2,1-8H3. The molecule has 0 N–H and O–H groups in total. The maximum atomic E-state index is 15.1.